The molecule has 1 aromatic carbocycles. The first-order valence-electron chi connectivity index (χ1n) is 10.3. The number of nitrogens with one attached hydrogen (secondary N) is 2. The second-order valence-corrected chi connectivity index (χ2v) is 8.72. The van der Waals surface area contributed by atoms with Crippen molar-refractivity contribution >= 4 is 23.1 Å². The fourth-order valence-corrected chi connectivity index (χ4v) is 5.34. The van der Waals surface area contributed by atoms with Crippen LogP contribution in [0.1, 0.15) is 43.9 Å². The molecule has 2 fully saturated rings. The van der Waals surface area contributed by atoms with Crippen LogP contribution >= 0.6 is 11.3 Å². The topological polar surface area (TPSA) is 53.6 Å². The Bertz CT molecular complexity index is 766. The Hall–Kier alpha value is -2.05. The molecule has 3 heterocycles. The minimum Gasteiger partial charge on any atom is -0.492 e. The molecule has 2 atom stereocenters. The second kappa shape index (κ2) is 8.97. The van der Waals surface area contributed by atoms with Crippen molar-refractivity contribution in [3.63, 3.8) is 0 Å². The van der Waals surface area contributed by atoms with Gasteiger partial charge < -0.3 is 15.4 Å². The Morgan fingerprint density at radius 1 is 1.18 bits per heavy atom. The number of urea groups is 1. The van der Waals surface area contributed by atoms with E-state index < -0.39 is 0 Å². The van der Waals surface area contributed by atoms with Gasteiger partial charge in [0.2, 0.25) is 0 Å². The number of nitrogens with zero attached hydrogens (tertiary/aromatic N) is 1. The monoisotopic (exact) mass is 399 g/mol. The van der Waals surface area contributed by atoms with Gasteiger partial charge in [0.1, 0.15) is 5.75 Å². The van der Waals surface area contributed by atoms with Crippen LogP contribution in [0, 0.1) is 0 Å². The van der Waals surface area contributed by atoms with Crippen molar-refractivity contribution < 1.29 is 9.53 Å². The number of amides is 2. The predicted octanol–water partition coefficient (Wildman–Crippen LogP) is 4.85. The Balaban J connectivity index is 1.35. The van der Waals surface area contributed by atoms with E-state index in [1.165, 1.54) is 24.1 Å². The lowest BCUT2D eigenvalue weighted by molar-refractivity contribution is 0.0208. The van der Waals surface area contributed by atoms with Crippen LogP contribution in [0.2, 0.25) is 0 Å². The van der Waals surface area contributed by atoms with Gasteiger partial charge in [-0.3, -0.25) is 4.90 Å². The summed E-state index contributed by atoms with van der Waals surface area (Å²) in [6.07, 6.45) is 5.82. The second-order valence-electron chi connectivity index (χ2n) is 7.69. The highest BCUT2D eigenvalue weighted by molar-refractivity contribution is 7.09. The van der Waals surface area contributed by atoms with E-state index in [-0.39, 0.29) is 12.1 Å². The van der Waals surface area contributed by atoms with Crippen LogP contribution in [0.3, 0.4) is 0 Å². The highest BCUT2D eigenvalue weighted by Crippen LogP contribution is 2.36. The van der Waals surface area contributed by atoms with Crippen LogP contribution in [-0.4, -0.2) is 35.7 Å². The summed E-state index contributed by atoms with van der Waals surface area (Å²) in [5.41, 5.74) is 0.720. The average Bonchev–Trinajstić information content (AvgIpc) is 3.17. The van der Waals surface area contributed by atoms with Crippen LogP contribution < -0.4 is 15.4 Å². The molecule has 2 aliphatic heterocycles. The zero-order chi connectivity index (χ0) is 19.3. The van der Waals surface area contributed by atoms with E-state index in [1.54, 1.807) is 0 Å². The van der Waals surface area contributed by atoms with E-state index in [0.717, 1.165) is 25.1 Å². The lowest BCUT2D eigenvalue weighted by Gasteiger charge is -2.48. The van der Waals surface area contributed by atoms with Gasteiger partial charge in [-0.2, -0.15) is 0 Å². The highest BCUT2D eigenvalue weighted by atomic mass is 32.1. The zero-order valence-electron chi connectivity index (χ0n) is 16.4. The van der Waals surface area contributed by atoms with E-state index >= 15 is 0 Å². The maximum atomic E-state index is 12.6. The number of para-hydroxylation sites is 2. The molecule has 2 saturated heterocycles. The lowest BCUT2D eigenvalue weighted by Crippen LogP contribution is -2.56. The number of rotatable bonds is 6. The summed E-state index contributed by atoms with van der Waals surface area (Å²) < 4.78 is 5.60. The SMILES string of the molecule is CCOc1ccccc1NC(=O)NC1CC2CCCC(C1)N2Cc1cccs1. The van der Waals surface area contributed by atoms with Gasteiger partial charge in [-0.1, -0.05) is 24.6 Å². The fourth-order valence-electron chi connectivity index (χ4n) is 4.63. The highest BCUT2D eigenvalue weighted by Gasteiger charge is 2.38. The molecule has 0 radical (unpaired) electrons. The van der Waals surface area contributed by atoms with Crippen molar-refractivity contribution in [2.75, 3.05) is 11.9 Å². The summed E-state index contributed by atoms with van der Waals surface area (Å²) >= 11 is 1.84. The zero-order valence-corrected chi connectivity index (χ0v) is 17.2. The minimum atomic E-state index is -0.137. The van der Waals surface area contributed by atoms with Gasteiger partial charge in [0.25, 0.3) is 0 Å². The van der Waals surface area contributed by atoms with Crippen LogP contribution in [0.4, 0.5) is 10.5 Å². The van der Waals surface area contributed by atoms with Crippen molar-refractivity contribution in [2.24, 2.45) is 0 Å². The van der Waals surface area contributed by atoms with Gasteiger partial charge in [0.15, 0.2) is 0 Å². The van der Waals surface area contributed by atoms with Gasteiger partial charge >= 0.3 is 6.03 Å². The minimum absolute atomic E-state index is 0.137. The van der Waals surface area contributed by atoms with Crippen molar-refractivity contribution in [1.29, 1.82) is 0 Å². The number of thiophene rings is 1. The molecule has 2 unspecified atom stereocenters. The maximum Gasteiger partial charge on any atom is 0.319 e. The molecule has 2 bridgehead atoms. The molecule has 2 N–H and O–H groups in total. The molecule has 28 heavy (non-hydrogen) atoms. The van der Waals surface area contributed by atoms with Crippen molar-refractivity contribution in [2.45, 2.75) is 63.7 Å². The molecule has 2 amide bonds. The number of hydrogen-bond donors (Lipinski definition) is 2. The van der Waals surface area contributed by atoms with E-state index in [1.807, 2.05) is 42.5 Å². The first-order valence-corrected chi connectivity index (χ1v) is 11.2. The number of carbonyl (C=O) groups excluding carboxylic acids is 1. The molecule has 6 heteroatoms. The third-order valence-electron chi connectivity index (χ3n) is 5.81. The summed E-state index contributed by atoms with van der Waals surface area (Å²) in [5.74, 6) is 0.711. The molecule has 2 aliphatic rings. The van der Waals surface area contributed by atoms with E-state index in [2.05, 4.69) is 33.0 Å². The van der Waals surface area contributed by atoms with Crippen LogP contribution in [0.25, 0.3) is 0 Å². The van der Waals surface area contributed by atoms with Crippen molar-refractivity contribution in [3.8, 4) is 5.75 Å². The number of hydrogen-bond acceptors (Lipinski definition) is 4. The van der Waals surface area contributed by atoms with E-state index in [0.29, 0.717) is 24.4 Å². The predicted molar refractivity (Wildman–Crippen MR) is 114 cm³/mol. The van der Waals surface area contributed by atoms with E-state index in [9.17, 15) is 4.79 Å². The number of benzene rings is 1. The molecular formula is C22H29N3O2S. The molecule has 0 saturated carbocycles. The summed E-state index contributed by atoms with van der Waals surface area (Å²) in [4.78, 5) is 16.7. The van der Waals surface area contributed by atoms with Gasteiger partial charge in [-0.15, -0.1) is 11.3 Å². The van der Waals surface area contributed by atoms with E-state index in [4.69, 9.17) is 4.74 Å². The summed E-state index contributed by atoms with van der Waals surface area (Å²) in [7, 11) is 0. The third-order valence-corrected chi connectivity index (χ3v) is 6.68. The van der Waals surface area contributed by atoms with Crippen molar-refractivity contribution in [1.82, 2.24) is 10.2 Å². The van der Waals surface area contributed by atoms with Gasteiger partial charge in [-0.05, 0) is 56.2 Å². The number of piperidine rings is 2. The largest absolute Gasteiger partial charge is 0.492 e. The Kier molecular flexibility index (Phi) is 6.17. The number of anilines is 1. The van der Waals surface area contributed by atoms with Crippen molar-refractivity contribution in [3.05, 3.63) is 46.7 Å². The molecule has 0 aliphatic carbocycles. The molecule has 4 rings (SSSR count). The third kappa shape index (κ3) is 4.50. The van der Waals surface area contributed by atoms with Crippen LogP contribution in [-0.2, 0) is 6.54 Å². The van der Waals surface area contributed by atoms with Gasteiger partial charge in [0.05, 0.1) is 12.3 Å². The first-order chi connectivity index (χ1) is 13.7. The average molecular weight is 400 g/mol. The Labute approximate surface area is 171 Å². The van der Waals surface area contributed by atoms with Gasteiger partial charge in [-0.25, -0.2) is 4.79 Å². The summed E-state index contributed by atoms with van der Waals surface area (Å²) in [5, 5.41) is 8.34. The van der Waals surface area contributed by atoms with Crippen LogP contribution in [0.5, 0.6) is 5.75 Å². The normalized spacial score (nSPS) is 24.5. The quantitative estimate of drug-likeness (QED) is 0.730. The smallest absolute Gasteiger partial charge is 0.319 e. The number of ether oxygens (including phenoxy) is 1. The molecular weight excluding hydrogens is 370 g/mol. The molecule has 5 nitrogen and oxygen atoms in total. The van der Waals surface area contributed by atoms with Crippen LogP contribution in [0.15, 0.2) is 41.8 Å². The number of carbonyl (C=O) groups is 1. The lowest BCUT2D eigenvalue weighted by atomic mass is 9.81. The Morgan fingerprint density at radius 2 is 1.96 bits per heavy atom. The molecule has 1 aromatic heterocycles. The summed E-state index contributed by atoms with van der Waals surface area (Å²) in [6, 6.07) is 13.2. The first kappa shape index (κ1) is 19.3. The Morgan fingerprint density at radius 3 is 2.68 bits per heavy atom. The van der Waals surface area contributed by atoms with Gasteiger partial charge in [0, 0.05) is 29.5 Å². The molecule has 150 valence electrons. The summed E-state index contributed by atoms with van der Waals surface area (Å²) in [6.45, 7) is 3.57. The fraction of sp³-hybridized carbons (Fsp3) is 0.500. The maximum absolute atomic E-state index is 12.6. The molecule has 2 aromatic rings. The molecule has 0 spiro atoms. The standard InChI is InChI=1S/C22H29N3O2S/c1-2-27-21-11-4-3-10-20(21)24-22(26)23-16-13-17-7-5-8-18(14-16)25(17)15-19-9-6-12-28-19/h3-4,6,9-12,16-18H,2,5,7-8,13-15H2,1H3,(H2,23,24,26). The number of fused-ring (bicyclic) bond motifs is 2.